The highest BCUT2D eigenvalue weighted by molar-refractivity contribution is 6.16. The second-order valence-electron chi connectivity index (χ2n) is 8.67. The summed E-state index contributed by atoms with van der Waals surface area (Å²) in [5.41, 5.74) is -0.693. The molecule has 1 aliphatic heterocycles. The molecule has 0 aromatic heterocycles. The molecule has 8 heteroatoms. The van der Waals surface area contributed by atoms with Crippen LogP contribution in [0.25, 0.3) is 0 Å². The number of nitrogens with one attached hydrogen (secondary N) is 1. The molecule has 3 amide bonds. The number of amides is 3. The molecular weight excluding hydrogens is 350 g/mol. The van der Waals surface area contributed by atoms with Crippen molar-refractivity contribution in [2.45, 2.75) is 65.0 Å². The van der Waals surface area contributed by atoms with Crippen molar-refractivity contribution in [2.24, 2.45) is 17.8 Å². The highest BCUT2D eigenvalue weighted by Gasteiger charge is 2.52. The summed E-state index contributed by atoms with van der Waals surface area (Å²) in [4.78, 5) is 50.7. The highest BCUT2D eigenvalue weighted by Crippen LogP contribution is 2.34. The molecule has 8 nitrogen and oxygen atoms in total. The van der Waals surface area contributed by atoms with Crippen molar-refractivity contribution in [3.63, 3.8) is 0 Å². The molecule has 0 spiro atoms. The Balaban J connectivity index is 2.24. The zero-order chi connectivity index (χ0) is 20.5. The van der Waals surface area contributed by atoms with Gasteiger partial charge >= 0.3 is 6.09 Å². The van der Waals surface area contributed by atoms with Crippen molar-refractivity contribution in [3.8, 4) is 0 Å². The van der Waals surface area contributed by atoms with E-state index in [0.29, 0.717) is 0 Å². The van der Waals surface area contributed by atoms with Crippen LogP contribution < -0.4 is 5.32 Å². The Bertz CT molecular complexity index is 619. The third kappa shape index (κ3) is 4.66. The van der Waals surface area contributed by atoms with Gasteiger partial charge in [-0.25, -0.2) is 14.8 Å². The Hall–Kier alpha value is -1.96. The van der Waals surface area contributed by atoms with E-state index in [0.717, 1.165) is 30.7 Å². The monoisotopic (exact) mass is 381 g/mol. The first-order valence-electron chi connectivity index (χ1n) is 9.52. The Kier molecular flexibility index (Phi) is 6.29. The van der Waals surface area contributed by atoms with Gasteiger partial charge in [0.15, 0.2) is 5.78 Å². The number of alkyl carbamates (subject to hydrolysis) is 1. The van der Waals surface area contributed by atoms with Crippen LogP contribution in [0.1, 0.15) is 53.4 Å². The summed E-state index contributed by atoms with van der Waals surface area (Å²) in [7, 11) is 3.17. The molecule has 0 aromatic rings. The van der Waals surface area contributed by atoms with Gasteiger partial charge in [-0.05, 0) is 39.5 Å². The molecule has 3 atom stereocenters. The number of hydrogen-bond acceptors (Lipinski definition) is 6. The lowest BCUT2D eigenvalue weighted by atomic mass is 9.83. The van der Waals surface area contributed by atoms with Crippen LogP contribution in [0.15, 0.2) is 0 Å². The lowest BCUT2D eigenvalue weighted by Crippen LogP contribution is -2.51. The van der Waals surface area contributed by atoms with Crippen molar-refractivity contribution in [1.29, 1.82) is 0 Å². The first-order valence-corrected chi connectivity index (χ1v) is 9.52. The van der Waals surface area contributed by atoms with Crippen molar-refractivity contribution in [2.75, 3.05) is 14.1 Å². The van der Waals surface area contributed by atoms with E-state index in [4.69, 9.17) is 4.74 Å². The van der Waals surface area contributed by atoms with Crippen LogP contribution >= 0.6 is 0 Å². The number of rotatable bonds is 5. The van der Waals surface area contributed by atoms with Gasteiger partial charge in [0.25, 0.3) is 5.91 Å². The van der Waals surface area contributed by atoms with Gasteiger partial charge in [-0.3, -0.25) is 14.4 Å². The number of ether oxygens (including phenoxy) is 1. The summed E-state index contributed by atoms with van der Waals surface area (Å²) in [5, 5.41) is 5.08. The largest absolute Gasteiger partial charge is 0.444 e. The molecule has 1 saturated carbocycles. The molecule has 1 heterocycles. The second kappa shape index (κ2) is 7.96. The summed E-state index contributed by atoms with van der Waals surface area (Å²) in [6, 6.07) is -0.825. The molecule has 1 aliphatic carbocycles. The fraction of sp³-hybridized carbons (Fsp3) is 0.789. The van der Waals surface area contributed by atoms with Gasteiger partial charge in [-0.15, -0.1) is 0 Å². The van der Waals surface area contributed by atoms with Crippen LogP contribution in [-0.4, -0.2) is 59.4 Å². The van der Waals surface area contributed by atoms with Gasteiger partial charge in [0.2, 0.25) is 5.91 Å². The molecule has 2 fully saturated rings. The molecule has 0 radical (unpaired) electrons. The number of Topliss-reactive ketones (excluding diaryl/α,β-unsaturated/α-hetero) is 1. The Morgan fingerprint density at radius 1 is 1.15 bits per heavy atom. The van der Waals surface area contributed by atoms with E-state index in [1.165, 1.54) is 5.01 Å². The maximum absolute atomic E-state index is 13.3. The van der Waals surface area contributed by atoms with E-state index >= 15 is 0 Å². The minimum atomic E-state index is -1.08. The average Bonchev–Trinajstić information content (AvgIpc) is 3.10. The van der Waals surface area contributed by atoms with Gasteiger partial charge in [-0.1, -0.05) is 19.8 Å². The average molecular weight is 381 g/mol. The smallest absolute Gasteiger partial charge is 0.408 e. The third-order valence-corrected chi connectivity index (χ3v) is 5.13. The van der Waals surface area contributed by atoms with Crippen molar-refractivity contribution in [3.05, 3.63) is 0 Å². The zero-order valence-corrected chi connectivity index (χ0v) is 17.1. The van der Waals surface area contributed by atoms with Crippen LogP contribution in [0.3, 0.4) is 0 Å². The second-order valence-corrected chi connectivity index (χ2v) is 8.67. The van der Waals surface area contributed by atoms with Gasteiger partial charge in [0, 0.05) is 14.1 Å². The normalized spacial score (nSPS) is 25.2. The lowest BCUT2D eigenvalue weighted by molar-refractivity contribution is -0.154. The lowest BCUT2D eigenvalue weighted by Gasteiger charge is -2.28. The topological polar surface area (TPSA) is 96.0 Å². The zero-order valence-electron chi connectivity index (χ0n) is 17.1. The molecule has 0 unspecified atom stereocenters. The number of ketones is 1. The number of nitrogens with zero attached hydrogens (tertiary/aromatic N) is 2. The number of carbonyl (C=O) groups is 4. The van der Waals surface area contributed by atoms with E-state index < -0.39 is 47.2 Å². The fourth-order valence-electron chi connectivity index (χ4n) is 3.89. The summed E-state index contributed by atoms with van der Waals surface area (Å²) >= 11 is 0. The first-order chi connectivity index (χ1) is 12.4. The van der Waals surface area contributed by atoms with E-state index in [-0.39, 0.29) is 5.92 Å². The predicted molar refractivity (Wildman–Crippen MR) is 98.3 cm³/mol. The van der Waals surface area contributed by atoms with E-state index in [1.54, 1.807) is 41.8 Å². The molecule has 152 valence electrons. The van der Waals surface area contributed by atoms with Crippen LogP contribution in [0.5, 0.6) is 0 Å². The molecule has 0 bridgehead atoms. The number of hydrogen-bond donors (Lipinski definition) is 1. The Morgan fingerprint density at radius 2 is 1.70 bits per heavy atom. The number of hydrazine groups is 1. The maximum atomic E-state index is 13.3. The van der Waals surface area contributed by atoms with Crippen LogP contribution in [0.4, 0.5) is 4.79 Å². The molecule has 2 rings (SSSR count). The predicted octanol–water partition coefficient (Wildman–Crippen LogP) is 1.74. The highest BCUT2D eigenvalue weighted by atomic mass is 16.6. The molecule has 1 N–H and O–H groups in total. The third-order valence-electron chi connectivity index (χ3n) is 5.13. The van der Waals surface area contributed by atoms with Crippen molar-refractivity contribution < 1.29 is 23.9 Å². The maximum Gasteiger partial charge on any atom is 0.408 e. The minimum absolute atomic E-state index is 0.0477. The SMILES string of the molecule is C[C@@H]1C(=O)N(N(C)C)C(=O)[C@H]1C(=O)[C@@H](NC(=O)OC(C)(C)C)C1CCCC1. The first kappa shape index (κ1) is 21.3. The van der Waals surface area contributed by atoms with Gasteiger partial charge < -0.3 is 10.1 Å². The Morgan fingerprint density at radius 3 is 2.15 bits per heavy atom. The Labute approximate surface area is 160 Å². The quantitative estimate of drug-likeness (QED) is 0.576. The summed E-state index contributed by atoms with van der Waals surface area (Å²) in [6.45, 7) is 6.82. The summed E-state index contributed by atoms with van der Waals surface area (Å²) in [6.07, 6.45) is 2.87. The fourth-order valence-corrected chi connectivity index (χ4v) is 3.89. The van der Waals surface area contributed by atoms with Crippen molar-refractivity contribution in [1.82, 2.24) is 15.3 Å². The minimum Gasteiger partial charge on any atom is -0.444 e. The van der Waals surface area contributed by atoms with E-state index in [9.17, 15) is 19.2 Å². The summed E-state index contributed by atoms with van der Waals surface area (Å²) < 4.78 is 5.30. The molecular formula is C19H31N3O5. The van der Waals surface area contributed by atoms with Crippen molar-refractivity contribution >= 4 is 23.7 Å². The van der Waals surface area contributed by atoms with Gasteiger partial charge in [-0.2, -0.15) is 0 Å². The van der Waals surface area contributed by atoms with Gasteiger partial charge in [0.1, 0.15) is 11.5 Å². The molecule has 1 saturated heterocycles. The molecule has 27 heavy (non-hydrogen) atoms. The van der Waals surface area contributed by atoms with Gasteiger partial charge in [0.05, 0.1) is 12.0 Å². The molecule has 0 aromatic carbocycles. The standard InChI is InChI=1S/C19H31N3O5/c1-11-13(17(25)22(16(11)24)21(5)6)15(23)14(12-9-7-8-10-12)20-18(26)27-19(2,3)4/h11-14H,7-10H2,1-6H3,(H,20,26)/t11-,13+,14-/m0/s1. The number of carbonyl (C=O) groups excluding carboxylic acids is 4. The van der Waals surface area contributed by atoms with E-state index in [2.05, 4.69) is 5.32 Å². The van der Waals surface area contributed by atoms with Crippen LogP contribution in [0.2, 0.25) is 0 Å². The van der Waals surface area contributed by atoms with E-state index in [1.807, 2.05) is 0 Å². The van der Waals surface area contributed by atoms with Crippen LogP contribution in [-0.2, 0) is 19.1 Å². The van der Waals surface area contributed by atoms with Crippen LogP contribution in [0, 0.1) is 17.8 Å². The molecule has 2 aliphatic rings. The summed E-state index contributed by atoms with van der Waals surface area (Å²) in [5.74, 6) is -3.21. The number of imide groups is 1.